The van der Waals surface area contributed by atoms with Gasteiger partial charge in [0.15, 0.2) is 0 Å². The molecule has 2 rings (SSSR count). The number of aliphatic hydroxyl groups is 1. The van der Waals surface area contributed by atoms with Crippen LogP contribution in [0.2, 0.25) is 0 Å². The third-order valence-electron chi connectivity index (χ3n) is 2.61. The summed E-state index contributed by atoms with van der Waals surface area (Å²) in [6.45, 7) is 1.77. The number of benzene rings is 1. The van der Waals surface area contributed by atoms with E-state index in [1.807, 2.05) is 0 Å². The summed E-state index contributed by atoms with van der Waals surface area (Å²) in [5.41, 5.74) is 1.48. The Morgan fingerprint density at radius 1 is 1.44 bits per heavy atom. The molecule has 94 valence electrons. The van der Waals surface area contributed by atoms with Crippen molar-refractivity contribution in [3.8, 4) is 0 Å². The second kappa shape index (κ2) is 5.10. The van der Waals surface area contributed by atoms with E-state index in [1.165, 1.54) is 12.1 Å². The molecule has 0 saturated carbocycles. The number of carbonyl (C=O) groups excluding carboxylic acids is 1. The Bertz CT molecular complexity index is 599. The molecule has 0 spiro atoms. The van der Waals surface area contributed by atoms with Gasteiger partial charge in [0.1, 0.15) is 5.82 Å². The average molecular weight is 248 g/mol. The van der Waals surface area contributed by atoms with Gasteiger partial charge in [-0.3, -0.25) is 9.78 Å². The van der Waals surface area contributed by atoms with Crippen LogP contribution in [0.1, 0.15) is 16.1 Å². The van der Waals surface area contributed by atoms with Crippen molar-refractivity contribution in [2.75, 3.05) is 13.2 Å². The van der Waals surface area contributed by atoms with Gasteiger partial charge in [-0.25, -0.2) is 4.39 Å². The maximum Gasteiger partial charge on any atom is 0.253 e. The van der Waals surface area contributed by atoms with E-state index in [1.54, 1.807) is 19.1 Å². The number of carbonyl (C=O) groups is 1. The van der Waals surface area contributed by atoms with E-state index < -0.39 is 0 Å². The van der Waals surface area contributed by atoms with Crippen molar-refractivity contribution in [3.63, 3.8) is 0 Å². The lowest BCUT2D eigenvalue weighted by Crippen LogP contribution is -2.27. The van der Waals surface area contributed by atoms with Crippen LogP contribution in [-0.2, 0) is 0 Å². The predicted molar refractivity (Wildman–Crippen MR) is 65.9 cm³/mol. The Labute approximate surface area is 103 Å². The molecular weight excluding hydrogens is 235 g/mol. The molecular formula is C13H13FN2O2. The maximum atomic E-state index is 13.0. The average Bonchev–Trinajstić information content (AvgIpc) is 2.35. The number of hydrogen-bond donors (Lipinski definition) is 2. The second-order valence-corrected chi connectivity index (χ2v) is 3.94. The maximum absolute atomic E-state index is 13.0. The monoisotopic (exact) mass is 248 g/mol. The van der Waals surface area contributed by atoms with Crippen LogP contribution < -0.4 is 5.32 Å². The molecule has 0 unspecified atom stereocenters. The number of fused-ring (bicyclic) bond motifs is 1. The zero-order valence-corrected chi connectivity index (χ0v) is 9.90. The van der Waals surface area contributed by atoms with Crippen molar-refractivity contribution in [3.05, 3.63) is 41.3 Å². The zero-order chi connectivity index (χ0) is 13.1. The summed E-state index contributed by atoms with van der Waals surface area (Å²) in [5, 5.41) is 11.9. The Morgan fingerprint density at radius 3 is 2.94 bits per heavy atom. The van der Waals surface area contributed by atoms with Gasteiger partial charge in [0.05, 0.1) is 23.4 Å². The highest BCUT2D eigenvalue weighted by Crippen LogP contribution is 2.17. The van der Waals surface area contributed by atoms with Gasteiger partial charge in [-0.15, -0.1) is 0 Å². The van der Waals surface area contributed by atoms with Gasteiger partial charge < -0.3 is 10.4 Å². The summed E-state index contributed by atoms with van der Waals surface area (Å²) >= 11 is 0. The number of halogens is 1. The third-order valence-corrected chi connectivity index (χ3v) is 2.61. The van der Waals surface area contributed by atoms with Gasteiger partial charge in [-0.05, 0) is 25.1 Å². The van der Waals surface area contributed by atoms with Crippen molar-refractivity contribution in [1.29, 1.82) is 0 Å². The molecule has 2 aromatic rings. The first-order chi connectivity index (χ1) is 8.61. The summed E-state index contributed by atoms with van der Waals surface area (Å²) in [7, 11) is 0. The van der Waals surface area contributed by atoms with Crippen LogP contribution in [0.5, 0.6) is 0 Å². The molecule has 0 aliphatic heterocycles. The van der Waals surface area contributed by atoms with Crippen LogP contribution in [0.25, 0.3) is 10.9 Å². The number of nitrogens with one attached hydrogen (secondary N) is 1. The van der Waals surface area contributed by atoms with Crippen LogP contribution >= 0.6 is 0 Å². The summed E-state index contributed by atoms with van der Waals surface area (Å²) in [4.78, 5) is 16.0. The van der Waals surface area contributed by atoms with Gasteiger partial charge in [0.25, 0.3) is 5.91 Å². The molecule has 0 bridgehead atoms. The fourth-order valence-electron chi connectivity index (χ4n) is 1.73. The fraction of sp³-hybridized carbons (Fsp3) is 0.231. The van der Waals surface area contributed by atoms with Gasteiger partial charge in [-0.1, -0.05) is 0 Å². The molecule has 1 aromatic heterocycles. The molecule has 0 radical (unpaired) electrons. The number of hydrogen-bond acceptors (Lipinski definition) is 3. The largest absolute Gasteiger partial charge is 0.395 e. The number of nitrogens with zero attached hydrogens (tertiary/aromatic N) is 1. The Hall–Kier alpha value is -2.01. The fourth-order valence-corrected chi connectivity index (χ4v) is 1.73. The van der Waals surface area contributed by atoms with Crippen LogP contribution in [0.3, 0.4) is 0 Å². The van der Waals surface area contributed by atoms with Gasteiger partial charge >= 0.3 is 0 Å². The predicted octanol–water partition coefficient (Wildman–Crippen LogP) is 1.40. The summed E-state index contributed by atoms with van der Waals surface area (Å²) in [6, 6.07) is 5.91. The number of aryl methyl sites for hydroxylation is 1. The molecule has 0 aliphatic carbocycles. The van der Waals surface area contributed by atoms with E-state index in [0.29, 0.717) is 22.2 Å². The molecule has 1 heterocycles. The topological polar surface area (TPSA) is 62.2 Å². The molecule has 18 heavy (non-hydrogen) atoms. The number of rotatable bonds is 3. The first kappa shape index (κ1) is 12.4. The molecule has 4 nitrogen and oxygen atoms in total. The third kappa shape index (κ3) is 2.46. The van der Waals surface area contributed by atoms with Crippen molar-refractivity contribution >= 4 is 16.8 Å². The van der Waals surface area contributed by atoms with E-state index in [4.69, 9.17) is 5.11 Å². The van der Waals surface area contributed by atoms with Crippen LogP contribution in [-0.4, -0.2) is 29.1 Å². The minimum atomic E-state index is -0.355. The highest BCUT2D eigenvalue weighted by Gasteiger charge is 2.11. The lowest BCUT2D eigenvalue weighted by Gasteiger charge is -2.07. The SMILES string of the molecule is Cc1nc2cc(F)ccc2cc1C(=O)NCCO. The van der Waals surface area contributed by atoms with Crippen molar-refractivity contribution < 1.29 is 14.3 Å². The van der Waals surface area contributed by atoms with E-state index in [9.17, 15) is 9.18 Å². The number of aliphatic hydroxyl groups excluding tert-OH is 1. The quantitative estimate of drug-likeness (QED) is 0.863. The first-order valence-electron chi connectivity index (χ1n) is 5.58. The Kier molecular flexibility index (Phi) is 3.53. The molecule has 2 N–H and O–H groups in total. The van der Waals surface area contributed by atoms with E-state index >= 15 is 0 Å². The minimum absolute atomic E-state index is 0.114. The van der Waals surface area contributed by atoms with Crippen LogP contribution in [0.4, 0.5) is 4.39 Å². The van der Waals surface area contributed by atoms with Gasteiger partial charge in [0, 0.05) is 18.0 Å². The van der Waals surface area contributed by atoms with E-state index in [2.05, 4.69) is 10.3 Å². The lowest BCUT2D eigenvalue weighted by atomic mass is 10.1. The summed E-state index contributed by atoms with van der Waals surface area (Å²) in [5.74, 6) is -0.646. The van der Waals surface area contributed by atoms with Gasteiger partial charge in [0.2, 0.25) is 0 Å². The summed E-state index contributed by atoms with van der Waals surface area (Å²) < 4.78 is 13.0. The highest BCUT2D eigenvalue weighted by molar-refractivity contribution is 5.98. The lowest BCUT2D eigenvalue weighted by molar-refractivity contribution is 0.0944. The van der Waals surface area contributed by atoms with Crippen molar-refractivity contribution in [2.45, 2.75) is 6.92 Å². The van der Waals surface area contributed by atoms with Crippen molar-refractivity contribution in [1.82, 2.24) is 10.3 Å². The summed E-state index contributed by atoms with van der Waals surface area (Å²) in [6.07, 6.45) is 0. The number of pyridine rings is 1. The zero-order valence-electron chi connectivity index (χ0n) is 9.90. The molecule has 5 heteroatoms. The number of aromatic nitrogens is 1. The molecule has 0 atom stereocenters. The number of amides is 1. The van der Waals surface area contributed by atoms with E-state index in [-0.39, 0.29) is 24.9 Å². The smallest absolute Gasteiger partial charge is 0.253 e. The highest BCUT2D eigenvalue weighted by atomic mass is 19.1. The molecule has 0 saturated heterocycles. The standard InChI is InChI=1S/C13H13FN2O2/c1-8-11(13(18)15-4-5-17)6-9-2-3-10(14)7-12(9)16-8/h2-3,6-7,17H,4-5H2,1H3,(H,15,18). The molecule has 1 aromatic carbocycles. The van der Waals surface area contributed by atoms with Crippen molar-refractivity contribution in [2.24, 2.45) is 0 Å². The molecule has 0 fully saturated rings. The van der Waals surface area contributed by atoms with Crippen LogP contribution in [0, 0.1) is 12.7 Å². The molecule has 1 amide bonds. The normalized spacial score (nSPS) is 10.6. The second-order valence-electron chi connectivity index (χ2n) is 3.94. The molecule has 0 aliphatic rings. The Morgan fingerprint density at radius 2 is 2.22 bits per heavy atom. The van der Waals surface area contributed by atoms with Crippen LogP contribution in [0.15, 0.2) is 24.3 Å². The van der Waals surface area contributed by atoms with E-state index in [0.717, 1.165) is 0 Å². The minimum Gasteiger partial charge on any atom is -0.395 e. The first-order valence-corrected chi connectivity index (χ1v) is 5.58. The van der Waals surface area contributed by atoms with Gasteiger partial charge in [-0.2, -0.15) is 0 Å². The Balaban J connectivity index is 2.43.